The van der Waals surface area contributed by atoms with E-state index in [1.165, 1.54) is 11.8 Å². The zero-order valence-electron chi connectivity index (χ0n) is 25.3. The van der Waals surface area contributed by atoms with Crippen molar-refractivity contribution in [2.24, 2.45) is 0 Å². The first-order valence-corrected chi connectivity index (χ1v) is 15.5. The first kappa shape index (κ1) is 28.2. The molecule has 2 fully saturated rings. The molecule has 0 saturated carbocycles. The van der Waals surface area contributed by atoms with Crippen molar-refractivity contribution < 1.29 is 19.1 Å². The standard InChI is InChI=1S/C37H31N5O4/c1-23(43)42-33-10-3-2-8-29(33)36(44)34(42)20-26-19-30(28-9-4-6-24-7-5-13-38-35(24)28)31-18-25(11-12-32(31)39-26)37(45)41-16-14-40(15-17-41)27-21-46-22-27/h2-13,18-20,27H,14-17,21-22H2,1H3/b34-20-. The van der Waals surface area contributed by atoms with Crippen LogP contribution < -0.4 is 4.90 Å². The smallest absolute Gasteiger partial charge is 0.253 e. The molecule has 9 nitrogen and oxygen atoms in total. The molecule has 9 heteroatoms. The highest BCUT2D eigenvalue weighted by Gasteiger charge is 2.35. The number of ether oxygens (including phenoxy) is 1. The number of fused-ring (bicyclic) bond motifs is 3. The van der Waals surface area contributed by atoms with Crippen LogP contribution >= 0.6 is 0 Å². The first-order chi connectivity index (χ1) is 22.5. The van der Waals surface area contributed by atoms with Gasteiger partial charge in [-0.05, 0) is 54.1 Å². The Balaban J connectivity index is 1.24. The molecular formula is C37H31N5O4. The molecule has 228 valence electrons. The maximum atomic E-state index is 13.8. The van der Waals surface area contributed by atoms with Crippen LogP contribution in [0.5, 0.6) is 0 Å². The van der Waals surface area contributed by atoms with Crippen LogP contribution in [-0.2, 0) is 9.53 Å². The number of Topliss-reactive ketones (excluding diaryl/α,β-unsaturated/α-hetero) is 1. The molecule has 5 heterocycles. The largest absolute Gasteiger partial charge is 0.378 e. The van der Waals surface area contributed by atoms with Gasteiger partial charge in [0.25, 0.3) is 5.91 Å². The van der Waals surface area contributed by atoms with E-state index in [1.807, 2.05) is 65.6 Å². The molecule has 46 heavy (non-hydrogen) atoms. The maximum Gasteiger partial charge on any atom is 0.253 e. The average Bonchev–Trinajstić information content (AvgIpc) is 3.34. The summed E-state index contributed by atoms with van der Waals surface area (Å²) >= 11 is 0. The molecule has 3 aliphatic heterocycles. The highest BCUT2D eigenvalue weighted by Crippen LogP contribution is 2.38. The van der Waals surface area contributed by atoms with Gasteiger partial charge in [-0.1, -0.05) is 36.4 Å². The van der Waals surface area contributed by atoms with E-state index in [-0.39, 0.29) is 23.3 Å². The summed E-state index contributed by atoms with van der Waals surface area (Å²) in [5, 5.41) is 1.79. The molecule has 2 saturated heterocycles. The van der Waals surface area contributed by atoms with Crippen molar-refractivity contribution in [3.63, 3.8) is 0 Å². The van der Waals surface area contributed by atoms with Gasteiger partial charge in [-0.3, -0.25) is 29.2 Å². The van der Waals surface area contributed by atoms with Crippen molar-refractivity contribution in [2.45, 2.75) is 13.0 Å². The van der Waals surface area contributed by atoms with E-state index in [1.54, 1.807) is 30.5 Å². The number of amides is 2. The quantitative estimate of drug-likeness (QED) is 0.259. The number of benzene rings is 3. The third-order valence-electron chi connectivity index (χ3n) is 9.20. The fourth-order valence-corrected chi connectivity index (χ4v) is 6.74. The van der Waals surface area contributed by atoms with Gasteiger partial charge in [-0.15, -0.1) is 0 Å². The molecule has 0 aliphatic carbocycles. The summed E-state index contributed by atoms with van der Waals surface area (Å²) in [6.07, 6.45) is 3.44. The molecule has 0 N–H and O–H groups in total. The molecule has 3 aromatic carbocycles. The van der Waals surface area contributed by atoms with E-state index in [0.717, 1.165) is 53.7 Å². The van der Waals surface area contributed by atoms with Gasteiger partial charge in [0.15, 0.2) is 0 Å². The van der Waals surface area contributed by atoms with Crippen LogP contribution in [0.25, 0.3) is 39.0 Å². The molecule has 0 spiro atoms. The Bertz CT molecular complexity index is 2090. The molecule has 2 aromatic heterocycles. The second kappa shape index (κ2) is 11.3. The molecule has 8 rings (SSSR count). The van der Waals surface area contributed by atoms with Gasteiger partial charge in [-0.25, -0.2) is 4.98 Å². The number of hydrogen-bond acceptors (Lipinski definition) is 7. The van der Waals surface area contributed by atoms with Crippen LogP contribution in [0.15, 0.2) is 90.8 Å². The van der Waals surface area contributed by atoms with E-state index < -0.39 is 0 Å². The summed E-state index contributed by atoms with van der Waals surface area (Å²) in [5.74, 6) is -0.494. The van der Waals surface area contributed by atoms with Crippen LogP contribution in [0, 0.1) is 0 Å². The number of carbonyl (C=O) groups is 3. The number of ketones is 1. The molecular weight excluding hydrogens is 578 g/mol. The summed E-state index contributed by atoms with van der Waals surface area (Å²) in [7, 11) is 0. The third-order valence-corrected chi connectivity index (χ3v) is 9.20. The van der Waals surface area contributed by atoms with Crippen LogP contribution in [0.1, 0.15) is 33.3 Å². The average molecular weight is 610 g/mol. The number of aromatic nitrogens is 2. The number of allylic oxidation sites excluding steroid dienone is 1. The van der Waals surface area contributed by atoms with Crippen molar-refractivity contribution in [1.82, 2.24) is 19.8 Å². The Morgan fingerprint density at radius 3 is 2.43 bits per heavy atom. The Morgan fingerprint density at radius 1 is 0.870 bits per heavy atom. The number of piperazine rings is 1. The van der Waals surface area contributed by atoms with E-state index >= 15 is 0 Å². The lowest BCUT2D eigenvalue weighted by molar-refractivity contribution is -0.116. The van der Waals surface area contributed by atoms with Crippen molar-refractivity contribution >= 4 is 51.2 Å². The number of anilines is 1. The van der Waals surface area contributed by atoms with Gasteiger partial charge < -0.3 is 9.64 Å². The summed E-state index contributed by atoms with van der Waals surface area (Å²) < 4.78 is 5.36. The molecule has 2 amide bonds. The SMILES string of the molecule is CC(=O)N1/C(=C\c2cc(-c3cccc4cccnc34)c3cc(C(=O)N4CCN(C5COC5)CC4)ccc3n2)C(=O)c2ccccc21. The minimum atomic E-state index is -0.256. The third kappa shape index (κ3) is 4.76. The van der Waals surface area contributed by atoms with E-state index in [4.69, 9.17) is 14.7 Å². The van der Waals surface area contributed by atoms with Gasteiger partial charge in [0, 0.05) is 66.8 Å². The van der Waals surface area contributed by atoms with E-state index in [9.17, 15) is 14.4 Å². The van der Waals surface area contributed by atoms with Crippen molar-refractivity contribution in [1.29, 1.82) is 0 Å². The number of pyridine rings is 2. The number of carbonyl (C=O) groups excluding carboxylic acids is 3. The Morgan fingerprint density at radius 2 is 1.65 bits per heavy atom. The lowest BCUT2D eigenvalue weighted by Gasteiger charge is -2.42. The van der Waals surface area contributed by atoms with Crippen LogP contribution in [-0.4, -0.2) is 82.8 Å². The number of rotatable bonds is 4. The number of para-hydroxylation sites is 2. The predicted octanol–water partition coefficient (Wildman–Crippen LogP) is 5.20. The fraction of sp³-hybridized carbons (Fsp3) is 0.216. The van der Waals surface area contributed by atoms with Gasteiger partial charge in [0.1, 0.15) is 0 Å². The van der Waals surface area contributed by atoms with Crippen LogP contribution in [0.3, 0.4) is 0 Å². The predicted molar refractivity (Wildman–Crippen MR) is 176 cm³/mol. The Kier molecular flexibility index (Phi) is 6.92. The number of nitrogens with zero attached hydrogens (tertiary/aromatic N) is 5. The lowest BCUT2D eigenvalue weighted by Crippen LogP contribution is -2.57. The molecule has 0 atom stereocenters. The van der Waals surface area contributed by atoms with Gasteiger partial charge in [-0.2, -0.15) is 0 Å². The van der Waals surface area contributed by atoms with Crippen LogP contribution in [0.4, 0.5) is 5.69 Å². The Labute approximate surface area is 265 Å². The van der Waals surface area contributed by atoms with Gasteiger partial charge in [0.05, 0.1) is 47.4 Å². The van der Waals surface area contributed by atoms with E-state index in [2.05, 4.69) is 4.90 Å². The zero-order chi connectivity index (χ0) is 31.4. The molecule has 0 radical (unpaired) electrons. The Hall–Kier alpha value is -5.25. The first-order valence-electron chi connectivity index (χ1n) is 15.5. The fourth-order valence-electron chi connectivity index (χ4n) is 6.74. The van der Waals surface area contributed by atoms with Gasteiger partial charge in [0.2, 0.25) is 11.7 Å². The minimum Gasteiger partial charge on any atom is -0.378 e. The molecule has 3 aliphatic rings. The maximum absolute atomic E-state index is 13.8. The molecule has 0 bridgehead atoms. The normalized spacial score (nSPS) is 17.9. The second-order valence-electron chi connectivity index (χ2n) is 12.0. The summed E-state index contributed by atoms with van der Waals surface area (Å²) in [6.45, 7) is 5.99. The minimum absolute atomic E-state index is 0.00832. The monoisotopic (exact) mass is 609 g/mol. The van der Waals surface area contributed by atoms with E-state index in [0.29, 0.717) is 47.2 Å². The number of hydrogen-bond donors (Lipinski definition) is 0. The summed E-state index contributed by atoms with van der Waals surface area (Å²) in [6, 6.07) is 25.0. The summed E-state index contributed by atoms with van der Waals surface area (Å²) in [4.78, 5) is 55.4. The van der Waals surface area contributed by atoms with Crippen LogP contribution in [0.2, 0.25) is 0 Å². The van der Waals surface area contributed by atoms with Crippen molar-refractivity contribution in [2.75, 3.05) is 44.3 Å². The van der Waals surface area contributed by atoms with Crippen molar-refractivity contribution in [3.05, 3.63) is 108 Å². The molecule has 5 aromatic rings. The zero-order valence-corrected chi connectivity index (χ0v) is 25.3. The topological polar surface area (TPSA) is 95.9 Å². The highest BCUT2D eigenvalue weighted by atomic mass is 16.5. The molecule has 0 unspecified atom stereocenters. The van der Waals surface area contributed by atoms with Crippen molar-refractivity contribution in [3.8, 4) is 11.1 Å². The second-order valence-corrected chi connectivity index (χ2v) is 12.0. The highest BCUT2D eigenvalue weighted by molar-refractivity contribution is 6.26. The summed E-state index contributed by atoms with van der Waals surface area (Å²) in [5.41, 5.74) is 5.62. The lowest BCUT2D eigenvalue weighted by atomic mass is 9.96. The van der Waals surface area contributed by atoms with Gasteiger partial charge >= 0.3 is 0 Å².